The fraction of sp³-hybridized carbons (Fsp3) is 0.786. The summed E-state index contributed by atoms with van der Waals surface area (Å²) < 4.78 is 0. The normalized spacial score (nSPS) is 12.2. The second kappa shape index (κ2) is 6.02. The zero-order valence-corrected chi connectivity index (χ0v) is 13.6. The van der Waals surface area contributed by atoms with Crippen LogP contribution in [0.2, 0.25) is 0 Å². The van der Waals surface area contributed by atoms with Gasteiger partial charge in [0.05, 0.1) is 5.69 Å². The van der Waals surface area contributed by atoms with E-state index in [2.05, 4.69) is 51.9 Å². The zero-order valence-electron chi connectivity index (χ0n) is 12.8. The Balaban J connectivity index is 2.93. The monoisotopic (exact) mass is 269 g/mol. The summed E-state index contributed by atoms with van der Waals surface area (Å²) in [7, 11) is 4.12. The smallest absolute Gasteiger partial charge is 0.185 e. The van der Waals surface area contributed by atoms with Gasteiger partial charge in [0.1, 0.15) is 0 Å². The first-order chi connectivity index (χ1) is 8.24. The van der Waals surface area contributed by atoms with Gasteiger partial charge >= 0.3 is 0 Å². The van der Waals surface area contributed by atoms with Crippen LogP contribution in [0.3, 0.4) is 0 Å². The average Bonchev–Trinajstić information content (AvgIpc) is 2.59. The lowest BCUT2D eigenvalue weighted by molar-refractivity contribution is 0.418. The van der Waals surface area contributed by atoms with Gasteiger partial charge in [-0.3, -0.25) is 0 Å². The summed E-state index contributed by atoms with van der Waals surface area (Å²) in [6.45, 7) is 13.1. The molecule has 1 rings (SSSR count). The lowest BCUT2D eigenvalue weighted by atomic mass is 9.96. The van der Waals surface area contributed by atoms with Gasteiger partial charge in [0, 0.05) is 25.0 Å². The summed E-state index contributed by atoms with van der Waals surface area (Å²) in [5.41, 5.74) is 1.53. The molecule has 0 bridgehead atoms. The molecule has 0 spiro atoms. The molecule has 1 aromatic heterocycles. The third-order valence-corrected chi connectivity index (χ3v) is 3.82. The zero-order chi connectivity index (χ0) is 13.9. The fourth-order valence-corrected chi connectivity index (χ4v) is 3.22. The van der Waals surface area contributed by atoms with Crippen molar-refractivity contribution in [1.29, 1.82) is 0 Å². The average molecular weight is 269 g/mol. The van der Waals surface area contributed by atoms with Crippen molar-refractivity contribution in [3.63, 3.8) is 0 Å². The minimum Gasteiger partial charge on any atom is -0.351 e. The molecule has 0 radical (unpaired) electrons. The molecule has 0 saturated heterocycles. The van der Waals surface area contributed by atoms with Crippen LogP contribution in [0.4, 0.5) is 5.13 Å². The molecule has 0 unspecified atom stereocenters. The quantitative estimate of drug-likeness (QED) is 0.887. The highest BCUT2D eigenvalue weighted by atomic mass is 32.1. The van der Waals surface area contributed by atoms with Crippen LogP contribution >= 0.6 is 11.3 Å². The fourth-order valence-electron chi connectivity index (χ4n) is 2.03. The molecule has 18 heavy (non-hydrogen) atoms. The number of hydrogen-bond donors (Lipinski definition) is 1. The van der Waals surface area contributed by atoms with Crippen molar-refractivity contribution in [3.8, 4) is 0 Å². The van der Waals surface area contributed by atoms with Crippen molar-refractivity contribution in [2.45, 2.75) is 47.1 Å². The van der Waals surface area contributed by atoms with Crippen LogP contribution in [-0.4, -0.2) is 25.6 Å². The minimum absolute atomic E-state index is 0.293. The van der Waals surface area contributed by atoms with Gasteiger partial charge in [0.25, 0.3) is 0 Å². The molecule has 0 aromatic carbocycles. The van der Waals surface area contributed by atoms with Crippen LogP contribution in [0, 0.1) is 5.41 Å². The third kappa shape index (κ3) is 4.25. The molecule has 3 nitrogen and oxygen atoms in total. The number of thiazole rings is 1. The summed E-state index contributed by atoms with van der Waals surface area (Å²) in [4.78, 5) is 8.45. The van der Waals surface area contributed by atoms with E-state index in [-0.39, 0.29) is 0 Å². The number of hydrogen-bond acceptors (Lipinski definition) is 4. The van der Waals surface area contributed by atoms with Gasteiger partial charge in [-0.05, 0) is 18.4 Å². The third-order valence-electron chi connectivity index (χ3n) is 2.64. The highest BCUT2D eigenvalue weighted by Gasteiger charge is 2.19. The molecule has 4 heteroatoms. The Labute approximate surface area is 116 Å². The minimum atomic E-state index is 0.293. The van der Waals surface area contributed by atoms with Crippen LogP contribution in [0.1, 0.15) is 51.1 Å². The Morgan fingerprint density at radius 2 is 1.94 bits per heavy atom. The van der Waals surface area contributed by atoms with Gasteiger partial charge in [0.2, 0.25) is 0 Å². The molecule has 1 heterocycles. The molecule has 1 N–H and O–H groups in total. The van der Waals surface area contributed by atoms with E-state index < -0.39 is 0 Å². The van der Waals surface area contributed by atoms with Gasteiger partial charge in [0.15, 0.2) is 5.13 Å². The predicted octanol–water partition coefficient (Wildman–Crippen LogP) is 3.47. The van der Waals surface area contributed by atoms with Crippen molar-refractivity contribution in [2.24, 2.45) is 5.41 Å². The summed E-state index contributed by atoms with van der Waals surface area (Å²) in [6.07, 6.45) is 0. The van der Waals surface area contributed by atoms with Crippen molar-refractivity contribution in [3.05, 3.63) is 10.6 Å². The first-order valence-electron chi connectivity index (χ1n) is 6.60. The highest BCUT2D eigenvalue weighted by molar-refractivity contribution is 7.15. The standard InChI is InChI=1S/C14H27N3S/c1-10(2)12-11(8-15-6)18-13(16-12)17(7)9-14(3,4)5/h10,15H,8-9H2,1-7H3. The van der Waals surface area contributed by atoms with Crippen LogP contribution in [0.15, 0.2) is 0 Å². The van der Waals surface area contributed by atoms with Gasteiger partial charge < -0.3 is 10.2 Å². The van der Waals surface area contributed by atoms with E-state index in [1.807, 2.05) is 18.4 Å². The Bertz CT molecular complexity index is 377. The van der Waals surface area contributed by atoms with E-state index in [0.717, 1.165) is 18.2 Å². The summed E-state index contributed by atoms with van der Waals surface area (Å²) in [5, 5.41) is 4.37. The number of nitrogens with zero attached hydrogens (tertiary/aromatic N) is 2. The molecular weight excluding hydrogens is 242 g/mol. The van der Waals surface area contributed by atoms with Crippen molar-refractivity contribution >= 4 is 16.5 Å². The molecule has 0 aliphatic heterocycles. The Morgan fingerprint density at radius 3 is 2.39 bits per heavy atom. The first kappa shape index (κ1) is 15.4. The van der Waals surface area contributed by atoms with E-state index in [9.17, 15) is 0 Å². The second-order valence-corrected chi connectivity index (χ2v) is 7.47. The van der Waals surface area contributed by atoms with Gasteiger partial charge in [-0.2, -0.15) is 0 Å². The number of anilines is 1. The van der Waals surface area contributed by atoms with Gasteiger partial charge in [-0.1, -0.05) is 34.6 Å². The second-order valence-electron chi connectivity index (χ2n) is 6.41. The molecular formula is C14H27N3S. The maximum Gasteiger partial charge on any atom is 0.185 e. The van der Waals surface area contributed by atoms with Gasteiger partial charge in [-0.15, -0.1) is 11.3 Å². The summed E-state index contributed by atoms with van der Waals surface area (Å²) in [6, 6.07) is 0. The Kier molecular flexibility index (Phi) is 5.17. The van der Waals surface area contributed by atoms with E-state index in [4.69, 9.17) is 4.98 Å². The largest absolute Gasteiger partial charge is 0.351 e. The van der Waals surface area contributed by atoms with Crippen molar-refractivity contribution in [2.75, 3.05) is 25.5 Å². The van der Waals surface area contributed by atoms with Crippen LogP contribution in [-0.2, 0) is 6.54 Å². The molecule has 0 amide bonds. The highest BCUT2D eigenvalue weighted by Crippen LogP contribution is 2.31. The molecule has 104 valence electrons. The van der Waals surface area contributed by atoms with Crippen molar-refractivity contribution < 1.29 is 0 Å². The molecule has 1 aromatic rings. The topological polar surface area (TPSA) is 28.2 Å². The Morgan fingerprint density at radius 1 is 1.33 bits per heavy atom. The molecule has 0 saturated carbocycles. The molecule has 0 fully saturated rings. The number of rotatable bonds is 5. The lowest BCUT2D eigenvalue weighted by Gasteiger charge is -2.26. The van der Waals surface area contributed by atoms with E-state index in [1.54, 1.807) is 0 Å². The Hall–Kier alpha value is -0.610. The maximum absolute atomic E-state index is 4.82. The van der Waals surface area contributed by atoms with E-state index in [0.29, 0.717) is 11.3 Å². The summed E-state index contributed by atoms with van der Waals surface area (Å²) >= 11 is 1.81. The van der Waals surface area contributed by atoms with Crippen LogP contribution in [0.25, 0.3) is 0 Å². The predicted molar refractivity (Wildman–Crippen MR) is 81.7 cm³/mol. The van der Waals surface area contributed by atoms with Crippen molar-refractivity contribution in [1.82, 2.24) is 10.3 Å². The number of aromatic nitrogens is 1. The maximum atomic E-state index is 4.82. The first-order valence-corrected chi connectivity index (χ1v) is 7.41. The number of nitrogens with one attached hydrogen (secondary N) is 1. The van der Waals surface area contributed by atoms with Crippen LogP contribution < -0.4 is 10.2 Å². The molecule has 0 aliphatic carbocycles. The summed E-state index contributed by atoms with van der Waals surface area (Å²) in [5.74, 6) is 0.487. The SMILES string of the molecule is CNCc1sc(N(C)CC(C)(C)C)nc1C(C)C. The lowest BCUT2D eigenvalue weighted by Crippen LogP contribution is -2.28. The van der Waals surface area contributed by atoms with Crippen LogP contribution in [0.5, 0.6) is 0 Å². The molecule has 0 atom stereocenters. The molecule has 0 aliphatic rings. The van der Waals surface area contributed by atoms with Gasteiger partial charge in [-0.25, -0.2) is 4.98 Å². The van der Waals surface area contributed by atoms with E-state index in [1.165, 1.54) is 10.6 Å². The van der Waals surface area contributed by atoms with E-state index >= 15 is 0 Å².